The van der Waals surface area contributed by atoms with Crippen LogP contribution in [-0.4, -0.2) is 39.2 Å². The summed E-state index contributed by atoms with van der Waals surface area (Å²) in [5.74, 6) is 0.519. The van der Waals surface area contributed by atoms with Gasteiger partial charge in [0.25, 0.3) is 0 Å². The molecule has 0 spiro atoms. The third-order valence-electron chi connectivity index (χ3n) is 3.63. The van der Waals surface area contributed by atoms with Gasteiger partial charge >= 0.3 is 5.97 Å². The van der Waals surface area contributed by atoms with Crippen molar-refractivity contribution in [1.29, 1.82) is 0 Å². The molecule has 0 heterocycles. The number of Topliss-reactive ketones (excluding diaryl/α,β-unsaturated/α-hetero) is 1. The van der Waals surface area contributed by atoms with E-state index < -0.39 is 12.6 Å². The van der Waals surface area contributed by atoms with Crippen LogP contribution in [0, 0.1) is 13.8 Å². The second kappa shape index (κ2) is 8.89. The summed E-state index contributed by atoms with van der Waals surface area (Å²) in [5, 5.41) is 0. The molecular formula is C20H22O6. The molecule has 6 heteroatoms. The monoisotopic (exact) mass is 358 g/mol. The van der Waals surface area contributed by atoms with Crippen LogP contribution in [0.4, 0.5) is 0 Å². The number of hydrogen-bond acceptors (Lipinski definition) is 6. The van der Waals surface area contributed by atoms with Crippen molar-refractivity contribution in [3.8, 4) is 17.2 Å². The molecule has 0 atom stereocenters. The fourth-order valence-corrected chi connectivity index (χ4v) is 2.45. The van der Waals surface area contributed by atoms with Crippen molar-refractivity contribution in [3.05, 3.63) is 53.1 Å². The van der Waals surface area contributed by atoms with E-state index in [0.29, 0.717) is 22.8 Å². The maximum Gasteiger partial charge on any atom is 0.344 e. The minimum Gasteiger partial charge on any atom is -0.497 e. The number of methoxy groups -OCH3 is 2. The van der Waals surface area contributed by atoms with Crippen LogP contribution in [0.15, 0.2) is 36.4 Å². The third kappa shape index (κ3) is 5.24. The number of hydrogen-bond donors (Lipinski definition) is 0. The van der Waals surface area contributed by atoms with Gasteiger partial charge in [-0.1, -0.05) is 6.07 Å². The number of ether oxygens (including phenoxy) is 4. The van der Waals surface area contributed by atoms with Gasteiger partial charge in [0, 0.05) is 6.07 Å². The number of rotatable bonds is 8. The smallest absolute Gasteiger partial charge is 0.344 e. The van der Waals surface area contributed by atoms with Gasteiger partial charge in [0.05, 0.1) is 19.8 Å². The highest BCUT2D eigenvalue weighted by atomic mass is 16.6. The molecule has 0 saturated carbocycles. The molecule has 0 saturated heterocycles. The maximum atomic E-state index is 12.3. The minimum atomic E-state index is -0.620. The van der Waals surface area contributed by atoms with Crippen LogP contribution < -0.4 is 14.2 Å². The lowest BCUT2D eigenvalue weighted by molar-refractivity contribution is -0.144. The quantitative estimate of drug-likeness (QED) is 0.533. The Labute approximate surface area is 152 Å². The molecule has 0 bridgehead atoms. The largest absolute Gasteiger partial charge is 0.497 e. The molecular weight excluding hydrogens is 336 g/mol. The Hall–Kier alpha value is -3.02. The van der Waals surface area contributed by atoms with Crippen LogP contribution in [0.3, 0.4) is 0 Å². The first-order valence-electron chi connectivity index (χ1n) is 8.05. The fourth-order valence-electron chi connectivity index (χ4n) is 2.45. The van der Waals surface area contributed by atoms with E-state index in [9.17, 15) is 9.59 Å². The molecule has 0 aliphatic rings. The lowest BCUT2D eigenvalue weighted by atomic mass is 10.1. The molecule has 0 amide bonds. The molecule has 138 valence electrons. The molecule has 0 fully saturated rings. The predicted octanol–water partition coefficient (Wildman–Crippen LogP) is 3.13. The normalized spacial score (nSPS) is 10.2. The number of aryl methyl sites for hydroxylation is 2. The zero-order valence-electron chi connectivity index (χ0n) is 15.3. The molecule has 2 aromatic rings. The lowest BCUT2D eigenvalue weighted by Crippen LogP contribution is -2.20. The van der Waals surface area contributed by atoms with E-state index >= 15 is 0 Å². The van der Waals surface area contributed by atoms with Crippen molar-refractivity contribution in [2.24, 2.45) is 0 Å². The molecule has 0 unspecified atom stereocenters. The van der Waals surface area contributed by atoms with Crippen LogP contribution >= 0.6 is 0 Å². The summed E-state index contributed by atoms with van der Waals surface area (Å²) in [7, 11) is 2.98. The van der Waals surface area contributed by atoms with E-state index in [1.54, 1.807) is 18.2 Å². The Balaban J connectivity index is 1.89. The summed E-state index contributed by atoms with van der Waals surface area (Å²) in [5.41, 5.74) is 2.39. The molecule has 0 aliphatic carbocycles. The van der Waals surface area contributed by atoms with Gasteiger partial charge in [0.15, 0.2) is 13.2 Å². The average molecular weight is 358 g/mol. The van der Waals surface area contributed by atoms with Gasteiger partial charge in [0.1, 0.15) is 17.2 Å². The molecule has 2 aromatic carbocycles. The minimum absolute atomic E-state index is 0.268. The summed E-state index contributed by atoms with van der Waals surface area (Å²) in [6.07, 6.45) is 0. The van der Waals surface area contributed by atoms with Gasteiger partial charge in [0.2, 0.25) is 5.78 Å². The van der Waals surface area contributed by atoms with Gasteiger partial charge in [-0.15, -0.1) is 0 Å². The predicted molar refractivity (Wildman–Crippen MR) is 96.2 cm³/mol. The molecule has 0 N–H and O–H groups in total. The number of esters is 1. The van der Waals surface area contributed by atoms with Crippen molar-refractivity contribution < 1.29 is 28.5 Å². The lowest BCUT2D eigenvalue weighted by Gasteiger charge is -2.11. The van der Waals surface area contributed by atoms with Gasteiger partial charge in [-0.3, -0.25) is 4.79 Å². The van der Waals surface area contributed by atoms with Gasteiger partial charge in [-0.25, -0.2) is 4.79 Å². The van der Waals surface area contributed by atoms with Crippen LogP contribution in [-0.2, 0) is 9.53 Å². The SMILES string of the molecule is COc1ccc(C(=O)COC(=O)COc2cc(C)cc(C)c2)c(OC)c1. The highest BCUT2D eigenvalue weighted by Gasteiger charge is 2.16. The van der Waals surface area contributed by atoms with E-state index in [-0.39, 0.29) is 12.4 Å². The van der Waals surface area contributed by atoms with E-state index in [4.69, 9.17) is 18.9 Å². The third-order valence-corrected chi connectivity index (χ3v) is 3.63. The second-order valence-corrected chi connectivity index (χ2v) is 5.76. The summed E-state index contributed by atoms with van der Waals surface area (Å²) in [6, 6.07) is 10.5. The van der Waals surface area contributed by atoms with E-state index in [1.807, 2.05) is 32.0 Å². The number of benzene rings is 2. The molecule has 26 heavy (non-hydrogen) atoms. The Bertz CT molecular complexity index is 777. The number of carbonyl (C=O) groups is 2. The number of carbonyl (C=O) groups excluding carboxylic acids is 2. The standard InChI is InChI=1S/C20H22O6/c1-13-7-14(2)9-16(8-13)25-12-20(22)26-11-18(21)17-6-5-15(23-3)10-19(17)24-4/h5-10H,11-12H2,1-4H3. The topological polar surface area (TPSA) is 71.1 Å². The first kappa shape index (κ1) is 19.3. The van der Waals surface area contributed by atoms with Gasteiger partial charge in [-0.05, 0) is 49.2 Å². The van der Waals surface area contributed by atoms with Crippen molar-refractivity contribution in [1.82, 2.24) is 0 Å². The zero-order chi connectivity index (χ0) is 19.1. The van der Waals surface area contributed by atoms with Gasteiger partial charge < -0.3 is 18.9 Å². The molecule has 6 nitrogen and oxygen atoms in total. The van der Waals surface area contributed by atoms with Gasteiger partial charge in [-0.2, -0.15) is 0 Å². The van der Waals surface area contributed by atoms with Crippen molar-refractivity contribution >= 4 is 11.8 Å². The molecule has 0 aliphatic heterocycles. The highest BCUT2D eigenvalue weighted by molar-refractivity contribution is 6.00. The number of ketones is 1. The second-order valence-electron chi connectivity index (χ2n) is 5.76. The maximum absolute atomic E-state index is 12.3. The Kier molecular flexibility index (Phi) is 6.60. The Morgan fingerprint density at radius 2 is 1.54 bits per heavy atom. The Morgan fingerprint density at radius 1 is 0.846 bits per heavy atom. The summed E-state index contributed by atoms with van der Waals surface area (Å²) < 4.78 is 20.7. The zero-order valence-corrected chi connectivity index (χ0v) is 15.3. The van der Waals surface area contributed by atoms with Crippen molar-refractivity contribution in [2.75, 3.05) is 27.4 Å². The highest BCUT2D eigenvalue weighted by Crippen LogP contribution is 2.25. The van der Waals surface area contributed by atoms with Crippen LogP contribution in [0.1, 0.15) is 21.5 Å². The average Bonchev–Trinajstić information content (AvgIpc) is 2.63. The molecule has 0 radical (unpaired) electrons. The van der Waals surface area contributed by atoms with E-state index in [2.05, 4.69) is 0 Å². The van der Waals surface area contributed by atoms with Crippen LogP contribution in [0.25, 0.3) is 0 Å². The summed E-state index contributed by atoms with van der Waals surface area (Å²) in [6.45, 7) is 3.23. The summed E-state index contributed by atoms with van der Waals surface area (Å²) >= 11 is 0. The fraction of sp³-hybridized carbons (Fsp3) is 0.300. The van der Waals surface area contributed by atoms with E-state index in [0.717, 1.165) is 11.1 Å². The van der Waals surface area contributed by atoms with Crippen LogP contribution in [0.2, 0.25) is 0 Å². The first-order chi connectivity index (χ1) is 12.4. The summed E-state index contributed by atoms with van der Waals surface area (Å²) in [4.78, 5) is 24.1. The van der Waals surface area contributed by atoms with Crippen molar-refractivity contribution in [2.45, 2.75) is 13.8 Å². The first-order valence-corrected chi connectivity index (χ1v) is 8.05. The van der Waals surface area contributed by atoms with E-state index in [1.165, 1.54) is 14.2 Å². The Morgan fingerprint density at radius 3 is 2.15 bits per heavy atom. The molecule has 0 aromatic heterocycles. The van der Waals surface area contributed by atoms with Crippen molar-refractivity contribution in [3.63, 3.8) is 0 Å². The molecule has 2 rings (SSSR count). The van der Waals surface area contributed by atoms with Crippen LogP contribution in [0.5, 0.6) is 17.2 Å².